The summed E-state index contributed by atoms with van der Waals surface area (Å²) >= 11 is 0. The number of ether oxygens (including phenoxy) is 1. The molecule has 17 heavy (non-hydrogen) atoms. The smallest absolute Gasteiger partial charge is 0.410 e. The fourth-order valence-electron chi connectivity index (χ4n) is 1.88. The number of amides is 1. The molecular formula is C13H21NO3. The van der Waals surface area contributed by atoms with Crippen LogP contribution in [0.1, 0.15) is 40.5 Å². The van der Waals surface area contributed by atoms with Gasteiger partial charge in [0.25, 0.3) is 0 Å². The van der Waals surface area contributed by atoms with Crippen LogP contribution in [0.15, 0.2) is 12.2 Å². The number of hydrogen-bond acceptors (Lipinski definition) is 3. The molecule has 0 saturated carbocycles. The van der Waals surface area contributed by atoms with Crippen LogP contribution in [0.2, 0.25) is 0 Å². The molecule has 1 aliphatic rings. The zero-order valence-electron chi connectivity index (χ0n) is 11.0. The molecule has 0 spiro atoms. The minimum atomic E-state index is -0.520. The maximum absolute atomic E-state index is 11.9. The first-order valence-corrected chi connectivity index (χ1v) is 6.01. The summed E-state index contributed by atoms with van der Waals surface area (Å²) in [5, 5.41) is 0. The van der Waals surface area contributed by atoms with Gasteiger partial charge in [-0.25, -0.2) is 4.79 Å². The van der Waals surface area contributed by atoms with Crippen LogP contribution in [0.3, 0.4) is 0 Å². The molecule has 1 saturated heterocycles. The molecule has 1 rings (SSSR count). The minimum absolute atomic E-state index is 0.0177. The van der Waals surface area contributed by atoms with Gasteiger partial charge in [-0.3, -0.25) is 9.69 Å². The Kier molecular flexibility index (Phi) is 4.32. The molecule has 1 fully saturated rings. The standard InChI is InChI=1S/C13H21NO3/c1-5-7-11(15)10-8-6-9-14(10)12(16)17-13(2,3)4/h5,7,10H,6,8-9H2,1-4H3/b7-5+/t10-/m1/s1. The summed E-state index contributed by atoms with van der Waals surface area (Å²) in [4.78, 5) is 25.2. The van der Waals surface area contributed by atoms with E-state index < -0.39 is 11.7 Å². The van der Waals surface area contributed by atoms with Gasteiger partial charge in [0.1, 0.15) is 5.60 Å². The lowest BCUT2D eigenvalue weighted by Crippen LogP contribution is -2.42. The van der Waals surface area contributed by atoms with Crippen molar-refractivity contribution in [2.24, 2.45) is 0 Å². The number of carbonyl (C=O) groups is 2. The molecule has 4 nitrogen and oxygen atoms in total. The summed E-state index contributed by atoms with van der Waals surface area (Å²) in [5.41, 5.74) is -0.520. The first-order valence-electron chi connectivity index (χ1n) is 6.01. The lowest BCUT2D eigenvalue weighted by Gasteiger charge is -2.27. The Morgan fingerprint density at radius 1 is 1.35 bits per heavy atom. The lowest BCUT2D eigenvalue weighted by atomic mass is 10.1. The van der Waals surface area contributed by atoms with E-state index in [0.29, 0.717) is 6.54 Å². The van der Waals surface area contributed by atoms with Crippen LogP contribution in [0.5, 0.6) is 0 Å². The van der Waals surface area contributed by atoms with Gasteiger partial charge in [-0.15, -0.1) is 0 Å². The summed E-state index contributed by atoms with van der Waals surface area (Å²) in [6.07, 6.45) is 4.41. The molecule has 1 heterocycles. The average Bonchev–Trinajstić information content (AvgIpc) is 2.63. The Morgan fingerprint density at radius 3 is 2.53 bits per heavy atom. The number of carbonyl (C=O) groups excluding carboxylic acids is 2. The van der Waals surface area contributed by atoms with E-state index in [1.165, 1.54) is 11.0 Å². The van der Waals surface area contributed by atoms with Crippen molar-refractivity contribution in [2.45, 2.75) is 52.2 Å². The van der Waals surface area contributed by atoms with Crippen molar-refractivity contribution in [3.63, 3.8) is 0 Å². The maximum Gasteiger partial charge on any atom is 0.410 e. The second kappa shape index (κ2) is 5.34. The molecule has 0 aromatic carbocycles. The molecule has 0 bridgehead atoms. The van der Waals surface area contributed by atoms with Crippen molar-refractivity contribution in [3.05, 3.63) is 12.2 Å². The molecule has 0 aliphatic carbocycles. The van der Waals surface area contributed by atoms with Gasteiger partial charge in [-0.2, -0.15) is 0 Å². The van der Waals surface area contributed by atoms with Gasteiger partial charge in [-0.1, -0.05) is 6.08 Å². The zero-order chi connectivity index (χ0) is 13.1. The van der Waals surface area contributed by atoms with Gasteiger partial charge >= 0.3 is 6.09 Å². The van der Waals surface area contributed by atoms with E-state index >= 15 is 0 Å². The van der Waals surface area contributed by atoms with Crippen LogP contribution < -0.4 is 0 Å². The first kappa shape index (κ1) is 13.7. The summed E-state index contributed by atoms with van der Waals surface area (Å²) in [6, 6.07) is -0.346. The van der Waals surface area contributed by atoms with E-state index in [1.807, 2.05) is 20.8 Å². The van der Waals surface area contributed by atoms with Crippen LogP contribution in [-0.4, -0.2) is 35.0 Å². The number of likely N-dealkylation sites (tertiary alicyclic amines) is 1. The third kappa shape index (κ3) is 3.88. The van der Waals surface area contributed by atoms with Gasteiger partial charge in [-0.05, 0) is 46.6 Å². The molecule has 1 atom stereocenters. The summed E-state index contributed by atoms with van der Waals surface area (Å²) < 4.78 is 5.29. The van der Waals surface area contributed by atoms with Gasteiger partial charge in [0.15, 0.2) is 5.78 Å². The molecule has 1 amide bonds. The van der Waals surface area contributed by atoms with Crippen LogP contribution in [-0.2, 0) is 9.53 Å². The predicted molar refractivity (Wildman–Crippen MR) is 65.8 cm³/mol. The van der Waals surface area contributed by atoms with Crippen LogP contribution in [0.25, 0.3) is 0 Å². The van der Waals surface area contributed by atoms with Gasteiger partial charge in [0, 0.05) is 6.54 Å². The molecule has 1 aliphatic heterocycles. The Balaban J connectivity index is 2.69. The molecule has 4 heteroatoms. The quantitative estimate of drug-likeness (QED) is 0.696. The normalized spacial score (nSPS) is 20.9. The topological polar surface area (TPSA) is 46.6 Å². The molecular weight excluding hydrogens is 218 g/mol. The summed E-state index contributed by atoms with van der Waals surface area (Å²) in [6.45, 7) is 7.87. The molecule has 0 N–H and O–H groups in total. The Hall–Kier alpha value is -1.32. The van der Waals surface area contributed by atoms with E-state index in [-0.39, 0.29) is 11.8 Å². The SMILES string of the molecule is C/C=C/C(=O)[C@H]1CCCN1C(=O)OC(C)(C)C. The minimum Gasteiger partial charge on any atom is -0.444 e. The number of allylic oxidation sites excluding steroid dienone is 1. The van der Waals surface area contributed by atoms with Crippen molar-refractivity contribution in [3.8, 4) is 0 Å². The fourth-order valence-corrected chi connectivity index (χ4v) is 1.88. The first-order chi connectivity index (χ1) is 7.85. The average molecular weight is 239 g/mol. The molecule has 0 radical (unpaired) electrons. The highest BCUT2D eigenvalue weighted by Gasteiger charge is 2.35. The van der Waals surface area contributed by atoms with E-state index in [9.17, 15) is 9.59 Å². The highest BCUT2D eigenvalue weighted by atomic mass is 16.6. The van der Waals surface area contributed by atoms with Crippen LogP contribution >= 0.6 is 0 Å². The van der Waals surface area contributed by atoms with Gasteiger partial charge < -0.3 is 4.74 Å². The lowest BCUT2D eigenvalue weighted by molar-refractivity contribution is -0.118. The fraction of sp³-hybridized carbons (Fsp3) is 0.692. The van der Waals surface area contributed by atoms with Crippen molar-refractivity contribution >= 4 is 11.9 Å². The molecule has 0 aromatic heterocycles. The number of hydrogen-bond donors (Lipinski definition) is 0. The Morgan fingerprint density at radius 2 is 2.00 bits per heavy atom. The predicted octanol–water partition coefficient (Wildman–Crippen LogP) is 2.53. The second-order valence-electron chi connectivity index (χ2n) is 5.23. The molecule has 0 aromatic rings. The number of ketones is 1. The third-order valence-corrected chi connectivity index (χ3v) is 2.54. The highest BCUT2D eigenvalue weighted by Crippen LogP contribution is 2.21. The van der Waals surface area contributed by atoms with E-state index in [1.54, 1.807) is 13.0 Å². The summed E-state index contributed by atoms with van der Waals surface area (Å²) in [7, 11) is 0. The van der Waals surface area contributed by atoms with Crippen molar-refractivity contribution in [2.75, 3.05) is 6.54 Å². The van der Waals surface area contributed by atoms with Crippen LogP contribution in [0, 0.1) is 0 Å². The monoisotopic (exact) mass is 239 g/mol. The van der Waals surface area contributed by atoms with Gasteiger partial charge in [0.05, 0.1) is 6.04 Å². The van der Waals surface area contributed by atoms with Crippen molar-refractivity contribution < 1.29 is 14.3 Å². The molecule has 96 valence electrons. The second-order valence-corrected chi connectivity index (χ2v) is 5.23. The Labute approximate surface area is 103 Å². The van der Waals surface area contributed by atoms with Crippen LogP contribution in [0.4, 0.5) is 4.79 Å². The molecule has 0 unspecified atom stereocenters. The zero-order valence-corrected chi connectivity index (χ0v) is 11.0. The highest BCUT2D eigenvalue weighted by molar-refractivity contribution is 5.96. The third-order valence-electron chi connectivity index (χ3n) is 2.54. The van der Waals surface area contributed by atoms with E-state index in [0.717, 1.165) is 12.8 Å². The van der Waals surface area contributed by atoms with Crippen molar-refractivity contribution in [1.82, 2.24) is 4.90 Å². The van der Waals surface area contributed by atoms with E-state index in [4.69, 9.17) is 4.74 Å². The number of nitrogens with zero attached hydrogens (tertiary/aromatic N) is 1. The van der Waals surface area contributed by atoms with Crippen molar-refractivity contribution in [1.29, 1.82) is 0 Å². The maximum atomic E-state index is 11.9. The van der Waals surface area contributed by atoms with E-state index in [2.05, 4.69) is 0 Å². The Bertz CT molecular complexity index is 328. The largest absolute Gasteiger partial charge is 0.444 e. The number of rotatable bonds is 2. The summed E-state index contributed by atoms with van der Waals surface area (Å²) in [5.74, 6) is -0.0177. The van der Waals surface area contributed by atoms with Gasteiger partial charge in [0.2, 0.25) is 0 Å².